The van der Waals surface area contributed by atoms with Crippen molar-refractivity contribution >= 4 is 28.4 Å². The minimum absolute atomic E-state index is 0.118. The van der Waals surface area contributed by atoms with E-state index in [1.807, 2.05) is 36.4 Å². The first-order chi connectivity index (χ1) is 14.2. The van der Waals surface area contributed by atoms with Crippen LogP contribution >= 0.6 is 11.6 Å². The number of fused-ring (bicyclic) bond motifs is 1. The predicted octanol–water partition coefficient (Wildman–Crippen LogP) is 5.63. The van der Waals surface area contributed by atoms with Gasteiger partial charge in [0.2, 0.25) is 5.91 Å². The summed E-state index contributed by atoms with van der Waals surface area (Å²) in [4.78, 5) is 20.5. The lowest BCUT2D eigenvalue weighted by Gasteiger charge is -2.30. The second-order valence-electron chi connectivity index (χ2n) is 8.06. The number of nitrogens with one attached hydrogen (secondary N) is 2. The molecule has 0 radical (unpaired) electrons. The number of hydrogen-bond donors (Lipinski definition) is 2. The number of H-pyrrole nitrogens is 1. The highest BCUT2D eigenvalue weighted by molar-refractivity contribution is 6.31. The summed E-state index contributed by atoms with van der Waals surface area (Å²) in [5, 5.41) is 4.99. The first kappa shape index (κ1) is 20.0. The van der Waals surface area contributed by atoms with Crippen LogP contribution < -0.4 is 5.32 Å². The standard InChI is InChI=1S/C24H28ClN3O/c25-18-9-10-23-21(14-18)22(16-28-23)20(17-6-2-1-3-7-17)15-24(29)27-13-11-19-8-4-5-12-26-19/h4-5,8-10,12,14,16-17,20,28H,1-3,6-7,11,13,15H2,(H,27,29). The molecule has 1 amide bonds. The Morgan fingerprint density at radius 3 is 2.86 bits per heavy atom. The van der Waals surface area contributed by atoms with E-state index < -0.39 is 0 Å². The molecule has 1 aliphatic rings. The van der Waals surface area contributed by atoms with E-state index >= 15 is 0 Å². The van der Waals surface area contributed by atoms with Gasteiger partial charge in [-0.05, 0) is 60.6 Å². The second-order valence-corrected chi connectivity index (χ2v) is 8.50. The Morgan fingerprint density at radius 2 is 2.07 bits per heavy atom. The average Bonchev–Trinajstić information content (AvgIpc) is 3.16. The lowest BCUT2D eigenvalue weighted by atomic mass is 9.75. The zero-order chi connectivity index (χ0) is 20.1. The van der Waals surface area contributed by atoms with Crippen molar-refractivity contribution < 1.29 is 4.79 Å². The third-order valence-electron chi connectivity index (χ3n) is 6.13. The Hall–Kier alpha value is -2.33. The van der Waals surface area contributed by atoms with E-state index in [0.29, 0.717) is 18.9 Å². The minimum Gasteiger partial charge on any atom is -0.361 e. The van der Waals surface area contributed by atoms with Gasteiger partial charge in [-0.1, -0.05) is 36.9 Å². The molecule has 29 heavy (non-hydrogen) atoms. The van der Waals surface area contributed by atoms with Gasteiger partial charge in [0.1, 0.15) is 0 Å². The maximum atomic E-state index is 12.8. The fourth-order valence-electron chi connectivity index (χ4n) is 4.64. The molecule has 1 saturated carbocycles. The molecule has 152 valence electrons. The Morgan fingerprint density at radius 1 is 1.21 bits per heavy atom. The topological polar surface area (TPSA) is 57.8 Å². The molecule has 5 heteroatoms. The molecule has 1 aromatic carbocycles. The first-order valence-electron chi connectivity index (χ1n) is 10.6. The zero-order valence-electron chi connectivity index (χ0n) is 16.7. The highest BCUT2D eigenvalue weighted by atomic mass is 35.5. The van der Waals surface area contributed by atoms with Crippen LogP contribution in [0.25, 0.3) is 10.9 Å². The lowest BCUT2D eigenvalue weighted by molar-refractivity contribution is -0.121. The molecule has 3 aromatic rings. The van der Waals surface area contributed by atoms with Crippen molar-refractivity contribution in [1.82, 2.24) is 15.3 Å². The van der Waals surface area contributed by atoms with Gasteiger partial charge < -0.3 is 10.3 Å². The summed E-state index contributed by atoms with van der Waals surface area (Å²) in [5.41, 5.74) is 3.32. The molecule has 2 aromatic heterocycles. The van der Waals surface area contributed by atoms with Gasteiger partial charge in [0.25, 0.3) is 0 Å². The number of pyridine rings is 1. The van der Waals surface area contributed by atoms with Crippen LogP contribution in [0.5, 0.6) is 0 Å². The van der Waals surface area contributed by atoms with Crippen LogP contribution in [0.1, 0.15) is 55.7 Å². The molecule has 2 heterocycles. The molecule has 4 nitrogen and oxygen atoms in total. The van der Waals surface area contributed by atoms with E-state index in [1.165, 1.54) is 37.7 Å². The van der Waals surface area contributed by atoms with Gasteiger partial charge >= 0.3 is 0 Å². The van der Waals surface area contributed by atoms with E-state index in [-0.39, 0.29) is 11.8 Å². The number of aromatic amines is 1. The monoisotopic (exact) mass is 409 g/mol. The van der Waals surface area contributed by atoms with Crippen molar-refractivity contribution in [2.24, 2.45) is 5.92 Å². The summed E-state index contributed by atoms with van der Waals surface area (Å²) in [6.45, 7) is 0.618. The highest BCUT2D eigenvalue weighted by Gasteiger charge is 2.29. The van der Waals surface area contributed by atoms with E-state index in [2.05, 4.69) is 21.5 Å². The van der Waals surface area contributed by atoms with E-state index in [9.17, 15) is 4.79 Å². The summed E-state index contributed by atoms with van der Waals surface area (Å²) in [6.07, 6.45) is 11.4. The second kappa shape index (κ2) is 9.45. The third-order valence-corrected chi connectivity index (χ3v) is 6.36. The fourth-order valence-corrected chi connectivity index (χ4v) is 4.81. The summed E-state index contributed by atoms with van der Waals surface area (Å²) in [6, 6.07) is 11.8. The summed E-state index contributed by atoms with van der Waals surface area (Å²) >= 11 is 6.27. The van der Waals surface area contributed by atoms with Crippen molar-refractivity contribution in [3.05, 3.63) is 65.1 Å². The van der Waals surface area contributed by atoms with Crippen LogP contribution in [0.2, 0.25) is 5.02 Å². The first-order valence-corrected chi connectivity index (χ1v) is 11.0. The number of amides is 1. The zero-order valence-corrected chi connectivity index (χ0v) is 17.4. The van der Waals surface area contributed by atoms with Crippen LogP contribution in [0.3, 0.4) is 0 Å². The third kappa shape index (κ3) is 4.99. The molecule has 0 saturated heterocycles. The van der Waals surface area contributed by atoms with Gasteiger partial charge in [0, 0.05) is 53.4 Å². The van der Waals surface area contributed by atoms with E-state index in [4.69, 9.17) is 11.6 Å². The molecule has 4 rings (SSSR count). The van der Waals surface area contributed by atoms with Crippen LogP contribution in [0.15, 0.2) is 48.8 Å². The number of rotatable bonds is 7. The molecule has 0 aliphatic heterocycles. The quantitative estimate of drug-likeness (QED) is 0.531. The molecule has 0 bridgehead atoms. The van der Waals surface area contributed by atoms with Crippen molar-refractivity contribution in [3.63, 3.8) is 0 Å². The molecular weight excluding hydrogens is 382 g/mol. The molecule has 2 N–H and O–H groups in total. The van der Waals surface area contributed by atoms with Crippen molar-refractivity contribution in [2.75, 3.05) is 6.54 Å². The largest absolute Gasteiger partial charge is 0.361 e. The molecular formula is C24H28ClN3O. The van der Waals surface area contributed by atoms with Crippen LogP contribution in [0.4, 0.5) is 0 Å². The van der Waals surface area contributed by atoms with Crippen molar-refractivity contribution in [3.8, 4) is 0 Å². The average molecular weight is 410 g/mol. The maximum absolute atomic E-state index is 12.8. The Balaban J connectivity index is 1.48. The van der Waals surface area contributed by atoms with Gasteiger partial charge in [-0.2, -0.15) is 0 Å². The number of hydrogen-bond acceptors (Lipinski definition) is 2. The number of nitrogens with zero attached hydrogens (tertiary/aromatic N) is 1. The van der Waals surface area contributed by atoms with Crippen LogP contribution in [-0.4, -0.2) is 22.4 Å². The molecule has 1 fully saturated rings. The maximum Gasteiger partial charge on any atom is 0.220 e. The Labute approximate surface area is 177 Å². The number of carbonyl (C=O) groups excluding carboxylic acids is 1. The normalized spacial score (nSPS) is 16.0. The van der Waals surface area contributed by atoms with Gasteiger partial charge in [-0.15, -0.1) is 0 Å². The van der Waals surface area contributed by atoms with Gasteiger partial charge in [0.15, 0.2) is 0 Å². The van der Waals surface area contributed by atoms with Crippen LogP contribution in [0, 0.1) is 5.92 Å². The van der Waals surface area contributed by atoms with Gasteiger partial charge in [0.05, 0.1) is 0 Å². The minimum atomic E-state index is 0.118. The lowest BCUT2D eigenvalue weighted by Crippen LogP contribution is -2.29. The molecule has 1 aliphatic carbocycles. The number of carbonyl (C=O) groups is 1. The number of aromatic nitrogens is 2. The summed E-state index contributed by atoms with van der Waals surface area (Å²) in [7, 11) is 0. The fraction of sp³-hybridized carbons (Fsp3) is 0.417. The molecule has 1 unspecified atom stereocenters. The molecule has 1 atom stereocenters. The number of halogens is 1. The van der Waals surface area contributed by atoms with Gasteiger partial charge in [-0.25, -0.2) is 0 Å². The smallest absolute Gasteiger partial charge is 0.220 e. The molecule has 0 spiro atoms. The van der Waals surface area contributed by atoms with Crippen molar-refractivity contribution in [2.45, 2.75) is 50.9 Å². The Kier molecular flexibility index (Phi) is 6.50. The Bertz CT molecular complexity index is 947. The SMILES string of the molecule is O=C(CC(c1c[nH]c2ccc(Cl)cc12)C1CCCCC1)NCCc1ccccn1. The summed E-state index contributed by atoms with van der Waals surface area (Å²) < 4.78 is 0. The van der Waals surface area contributed by atoms with Crippen molar-refractivity contribution in [1.29, 1.82) is 0 Å². The van der Waals surface area contributed by atoms with E-state index in [0.717, 1.165) is 28.0 Å². The van der Waals surface area contributed by atoms with E-state index in [1.54, 1.807) is 6.20 Å². The van der Waals surface area contributed by atoms with Crippen LogP contribution in [-0.2, 0) is 11.2 Å². The van der Waals surface area contributed by atoms with Gasteiger partial charge in [-0.3, -0.25) is 9.78 Å². The predicted molar refractivity (Wildman–Crippen MR) is 118 cm³/mol. The summed E-state index contributed by atoms with van der Waals surface area (Å²) in [5.74, 6) is 0.883. The highest BCUT2D eigenvalue weighted by Crippen LogP contribution is 2.41. The number of benzene rings is 1.